The molecule has 0 unspecified atom stereocenters. The number of anilines is 15. The molecule has 0 saturated heterocycles. The van der Waals surface area contributed by atoms with Crippen LogP contribution in [0, 0.1) is 53.7 Å². The fourth-order valence-electron chi connectivity index (χ4n) is 15.3. The summed E-state index contributed by atoms with van der Waals surface area (Å²) in [5.41, 5.74) is 18.6. The van der Waals surface area contributed by atoms with Crippen LogP contribution >= 0.6 is 35.3 Å². The van der Waals surface area contributed by atoms with Gasteiger partial charge in [-0.25, -0.2) is 14.5 Å². The molecule has 0 amide bonds. The van der Waals surface area contributed by atoms with Crippen molar-refractivity contribution in [3.05, 3.63) is 379 Å². The first kappa shape index (κ1) is 68.2. The Kier molecular flexibility index (Phi) is 17.3. The fraction of sp³-hybridized carbons (Fsp3) is 0. The number of benzene rings is 15. The summed E-state index contributed by atoms with van der Waals surface area (Å²) < 4.78 is 14.7. The average Bonchev–Trinajstić information content (AvgIpc) is 1.54. The third kappa shape index (κ3) is 11.7. The molecule has 113 heavy (non-hydrogen) atoms. The van der Waals surface area contributed by atoms with Crippen molar-refractivity contribution < 1.29 is 9.47 Å². The minimum Gasteiger partial charge on any atom is -0.453 e. The predicted molar refractivity (Wildman–Crippen MR) is 453 cm³/mol. The standard InChI is InChI=1S/C32H18N4O2.C32H18N4S2.C32H18N4S/c2*1-34-22-19-28(36-25-12-4-8-16-31(25)38-32-17-9-5-13-26(32)36)27(18-21(22)20-33)35-23-10-2-6-14-29(23)37-30-15-7-3-11-24(30)35;1-34-24-19-30(35-25-12-4-2-10-22(25)23-11-3-5-13-26(23)35)29(18-21(24)20-33)36-27-14-6-8-16-31(27)37-32-17-9-7-15-28(32)36/h2*2-19H;2-19H. The van der Waals surface area contributed by atoms with Crippen LogP contribution in [0.2, 0.25) is 0 Å². The molecule has 0 bridgehead atoms. The molecule has 6 heterocycles. The Bertz CT molecular complexity index is 6110. The summed E-state index contributed by atoms with van der Waals surface area (Å²) in [5.74, 6) is 2.81. The van der Waals surface area contributed by atoms with Gasteiger partial charge in [0, 0.05) is 40.1 Å². The molecule has 0 fully saturated rings. The number of fused-ring (bicyclic) bond motifs is 13. The van der Waals surface area contributed by atoms with E-state index in [1.807, 2.05) is 170 Å². The number of nitriles is 3. The van der Waals surface area contributed by atoms with Crippen molar-refractivity contribution >= 4 is 159 Å². The summed E-state index contributed by atoms with van der Waals surface area (Å²) in [7, 11) is 0. The molecule has 5 aliphatic rings. The van der Waals surface area contributed by atoms with Gasteiger partial charge in [0.1, 0.15) is 0 Å². The molecule has 0 atom stereocenters. The monoisotopic (exact) mass is 1500 g/mol. The van der Waals surface area contributed by atoms with Gasteiger partial charge < -0.3 is 38.5 Å². The minimum absolute atomic E-state index is 0.280. The molecule has 15 aromatic carbocycles. The molecular weight excluding hydrogens is 1450 g/mol. The topological polar surface area (TPSA) is 124 Å². The molecule has 5 aliphatic heterocycles. The number of hydrogen-bond donors (Lipinski definition) is 0. The van der Waals surface area contributed by atoms with Crippen molar-refractivity contribution in [3.63, 3.8) is 0 Å². The van der Waals surface area contributed by atoms with Crippen molar-refractivity contribution in [2.24, 2.45) is 0 Å². The third-order valence-corrected chi connectivity index (χ3v) is 23.6. The molecule has 0 saturated carbocycles. The Balaban J connectivity index is 0.000000114. The van der Waals surface area contributed by atoms with Crippen molar-refractivity contribution in [1.82, 2.24) is 4.57 Å². The summed E-state index contributed by atoms with van der Waals surface area (Å²) >= 11 is 5.24. The second-order valence-electron chi connectivity index (χ2n) is 26.5. The first-order valence-corrected chi connectivity index (χ1v) is 38.4. The van der Waals surface area contributed by atoms with E-state index < -0.39 is 0 Å². The number of para-hydroxylation sites is 16. The minimum atomic E-state index is 0.280. The maximum Gasteiger partial charge on any atom is 0.206 e. The zero-order chi connectivity index (χ0) is 76.2. The molecule has 0 N–H and O–H groups in total. The van der Waals surface area contributed by atoms with Gasteiger partial charge in [-0.05, 0) is 170 Å². The third-order valence-electron chi connectivity index (χ3n) is 20.2. The Morgan fingerprint density at radius 3 is 0.726 bits per heavy atom. The van der Waals surface area contributed by atoms with Crippen molar-refractivity contribution in [3.8, 4) is 46.9 Å². The van der Waals surface area contributed by atoms with Crippen molar-refractivity contribution in [2.75, 3.05) is 24.5 Å². The largest absolute Gasteiger partial charge is 0.453 e. The first-order valence-electron chi connectivity index (χ1n) is 36.0. The van der Waals surface area contributed by atoms with Crippen molar-refractivity contribution in [1.29, 1.82) is 15.8 Å². The van der Waals surface area contributed by atoms with Crippen LogP contribution in [0.3, 0.4) is 0 Å². The molecule has 16 aromatic rings. The highest BCUT2D eigenvalue weighted by Gasteiger charge is 2.37. The van der Waals surface area contributed by atoms with Gasteiger partial charge in [0.2, 0.25) is 17.1 Å². The van der Waals surface area contributed by atoms with Gasteiger partial charge in [-0.1, -0.05) is 193 Å². The number of nitrogens with zero attached hydrogens (tertiary/aromatic N) is 12. The van der Waals surface area contributed by atoms with Gasteiger partial charge in [0.25, 0.3) is 0 Å². The summed E-state index contributed by atoms with van der Waals surface area (Å²) in [6.07, 6.45) is 0. The average molecular weight is 1500 g/mol. The quantitative estimate of drug-likeness (QED) is 0.147. The lowest BCUT2D eigenvalue weighted by Crippen LogP contribution is -2.21. The molecule has 0 aliphatic carbocycles. The van der Waals surface area contributed by atoms with E-state index in [4.69, 9.17) is 29.2 Å². The lowest BCUT2D eigenvalue weighted by atomic mass is 10.0. The number of ether oxygens (including phenoxy) is 2. The van der Waals surface area contributed by atoms with Gasteiger partial charge >= 0.3 is 0 Å². The molecule has 0 spiro atoms. The van der Waals surface area contributed by atoms with Crippen LogP contribution in [0.15, 0.2) is 357 Å². The molecule has 17 heteroatoms. The van der Waals surface area contributed by atoms with Gasteiger partial charge in [0.05, 0.1) is 157 Å². The predicted octanol–water partition coefficient (Wildman–Crippen LogP) is 28.4. The maximum absolute atomic E-state index is 10.0. The number of hydrogen-bond acceptors (Lipinski definition) is 13. The second-order valence-corrected chi connectivity index (χ2v) is 29.7. The van der Waals surface area contributed by atoms with Crippen LogP contribution in [-0.2, 0) is 0 Å². The Labute approximate surface area is 664 Å². The Hall–Kier alpha value is -15.3. The summed E-state index contributed by atoms with van der Waals surface area (Å²) in [4.78, 5) is 28.9. The van der Waals surface area contributed by atoms with Gasteiger partial charge in [-0.3, -0.25) is 0 Å². The smallest absolute Gasteiger partial charge is 0.206 e. The van der Waals surface area contributed by atoms with Crippen LogP contribution < -0.4 is 34.0 Å². The van der Waals surface area contributed by atoms with E-state index in [1.54, 1.807) is 47.4 Å². The molecule has 14 nitrogen and oxygen atoms in total. The zero-order valence-electron chi connectivity index (χ0n) is 59.6. The van der Waals surface area contributed by atoms with E-state index in [0.29, 0.717) is 51.1 Å². The van der Waals surface area contributed by atoms with E-state index in [9.17, 15) is 15.8 Å². The van der Waals surface area contributed by atoms with Crippen LogP contribution in [0.4, 0.5) is 102 Å². The molecule has 1 aromatic heterocycles. The summed E-state index contributed by atoms with van der Waals surface area (Å²) in [6, 6.07) is 116. The normalized spacial score (nSPS) is 12.5. The van der Waals surface area contributed by atoms with E-state index >= 15 is 0 Å². The van der Waals surface area contributed by atoms with E-state index in [1.165, 1.54) is 0 Å². The molecule has 21 rings (SSSR count). The highest BCUT2D eigenvalue weighted by Crippen LogP contribution is 2.62. The summed E-state index contributed by atoms with van der Waals surface area (Å²) in [5, 5.41) is 32.4. The Morgan fingerprint density at radius 2 is 0.451 bits per heavy atom. The lowest BCUT2D eigenvalue weighted by molar-refractivity contribution is 0.476. The SMILES string of the molecule is [C-]#[N+]c1cc(-n2c3ccccc3c3ccccc32)c(N2c3ccccc3Sc3ccccc32)cc1C#N.[C-]#[N+]c1cc(N2c3ccccc3Oc3ccccc32)c(N2c3ccccc3Oc3ccccc32)cc1C#N.[C-]#[N+]c1cc(N2c3ccccc3Sc3ccccc32)c(N2c3ccccc3Sc3ccccc32)cc1C#N. The van der Waals surface area contributed by atoms with E-state index in [2.05, 4.69) is 207 Å². The number of aromatic nitrogens is 1. The Morgan fingerprint density at radius 1 is 0.239 bits per heavy atom. The summed E-state index contributed by atoms with van der Waals surface area (Å²) in [6.45, 7) is 23.5. The van der Waals surface area contributed by atoms with Crippen molar-refractivity contribution in [2.45, 2.75) is 29.4 Å². The van der Waals surface area contributed by atoms with E-state index in [0.717, 1.165) is 142 Å². The second kappa shape index (κ2) is 28.7. The van der Waals surface area contributed by atoms with E-state index in [-0.39, 0.29) is 5.69 Å². The molecule has 0 radical (unpaired) electrons. The fourth-order valence-corrected chi connectivity index (χ4v) is 18.5. The highest BCUT2D eigenvalue weighted by atomic mass is 32.2. The van der Waals surface area contributed by atoms with Crippen LogP contribution in [0.25, 0.3) is 42.0 Å². The van der Waals surface area contributed by atoms with Crippen LogP contribution in [0.5, 0.6) is 23.0 Å². The van der Waals surface area contributed by atoms with Gasteiger partial charge in [0.15, 0.2) is 23.0 Å². The lowest BCUT2D eigenvalue weighted by Gasteiger charge is -2.39. The van der Waals surface area contributed by atoms with Crippen LogP contribution in [-0.4, -0.2) is 4.57 Å². The van der Waals surface area contributed by atoms with Crippen LogP contribution in [0.1, 0.15) is 16.7 Å². The maximum atomic E-state index is 10.0. The highest BCUT2D eigenvalue weighted by molar-refractivity contribution is 8.00. The zero-order valence-corrected chi connectivity index (χ0v) is 62.0. The van der Waals surface area contributed by atoms with Gasteiger partial charge in [-0.2, -0.15) is 15.8 Å². The number of rotatable bonds is 6. The van der Waals surface area contributed by atoms with Gasteiger partial charge in [-0.15, -0.1) is 0 Å². The molecular formula is C96H54N12O2S3. The first-order chi connectivity index (χ1) is 55.8. The molecule has 528 valence electrons.